The molecule has 2 aromatic rings. The highest BCUT2D eigenvalue weighted by Gasteiger charge is 2.48. The Morgan fingerprint density at radius 3 is 2.68 bits per heavy atom. The molecule has 182 valence electrons. The summed E-state index contributed by atoms with van der Waals surface area (Å²) in [5.74, 6) is -0.821. The first-order chi connectivity index (χ1) is 16.1. The van der Waals surface area contributed by atoms with E-state index in [-0.39, 0.29) is 29.9 Å². The molecule has 0 radical (unpaired) electrons. The van der Waals surface area contributed by atoms with Crippen LogP contribution in [-0.4, -0.2) is 57.5 Å². The Hall–Kier alpha value is -2.91. The Balaban J connectivity index is 1.35. The molecule has 2 aliphatic rings. The molecule has 1 spiro atoms. The molecule has 2 fully saturated rings. The highest BCUT2D eigenvalue weighted by molar-refractivity contribution is 6.31. The lowest BCUT2D eigenvalue weighted by Gasteiger charge is -2.36. The zero-order valence-electron chi connectivity index (χ0n) is 19.4. The highest BCUT2D eigenvalue weighted by Crippen LogP contribution is 2.46. The average molecular weight is 488 g/mol. The molecule has 4 N–H and O–H groups in total. The van der Waals surface area contributed by atoms with Crippen LogP contribution >= 0.6 is 11.6 Å². The first kappa shape index (κ1) is 24.2. The Morgan fingerprint density at radius 1 is 1.26 bits per heavy atom. The van der Waals surface area contributed by atoms with Gasteiger partial charge in [0, 0.05) is 29.8 Å². The van der Waals surface area contributed by atoms with Gasteiger partial charge in [0.05, 0.1) is 17.3 Å². The zero-order chi connectivity index (χ0) is 24.5. The topological polar surface area (TPSA) is 127 Å². The minimum atomic E-state index is -1.08. The highest BCUT2D eigenvalue weighted by atomic mass is 35.5. The van der Waals surface area contributed by atoms with Gasteiger partial charge < -0.3 is 25.6 Å². The monoisotopic (exact) mass is 487 g/mol. The van der Waals surface area contributed by atoms with Crippen LogP contribution in [0.15, 0.2) is 30.6 Å². The average Bonchev–Trinajstić information content (AvgIpc) is 3.39. The molecule has 1 aromatic heterocycles. The van der Waals surface area contributed by atoms with Crippen LogP contribution in [0.5, 0.6) is 0 Å². The van der Waals surface area contributed by atoms with Crippen molar-refractivity contribution >= 4 is 35.0 Å². The summed E-state index contributed by atoms with van der Waals surface area (Å²) in [4.78, 5) is 47.1. The van der Waals surface area contributed by atoms with Crippen molar-refractivity contribution in [2.24, 2.45) is 5.41 Å². The van der Waals surface area contributed by atoms with Crippen LogP contribution < -0.4 is 15.5 Å². The number of benzene rings is 1. The van der Waals surface area contributed by atoms with Crippen molar-refractivity contribution in [2.45, 2.75) is 57.6 Å². The van der Waals surface area contributed by atoms with Gasteiger partial charge in [0.15, 0.2) is 5.69 Å². The van der Waals surface area contributed by atoms with Crippen LogP contribution in [0.4, 0.5) is 5.69 Å². The number of aliphatic hydroxyl groups is 1. The number of carbonyl (C=O) groups is 3. The van der Waals surface area contributed by atoms with E-state index >= 15 is 0 Å². The zero-order valence-corrected chi connectivity index (χ0v) is 20.1. The molecule has 34 heavy (non-hydrogen) atoms. The number of hydrogen-bond acceptors (Lipinski definition) is 5. The lowest BCUT2D eigenvalue weighted by atomic mass is 9.71. The molecule has 3 amide bonds. The maximum Gasteiger partial charge on any atom is 0.272 e. The number of nitrogens with one attached hydrogen (secondary N) is 3. The number of amides is 3. The third kappa shape index (κ3) is 5.10. The third-order valence-corrected chi connectivity index (χ3v) is 6.91. The van der Waals surface area contributed by atoms with Crippen molar-refractivity contribution in [3.05, 3.63) is 47.0 Å². The molecule has 1 aromatic carbocycles. The van der Waals surface area contributed by atoms with E-state index in [1.807, 2.05) is 23.1 Å². The van der Waals surface area contributed by atoms with Gasteiger partial charge >= 0.3 is 0 Å². The van der Waals surface area contributed by atoms with Crippen LogP contribution in [0, 0.1) is 5.41 Å². The van der Waals surface area contributed by atoms with Gasteiger partial charge in [-0.1, -0.05) is 17.7 Å². The van der Waals surface area contributed by atoms with Gasteiger partial charge in [-0.3, -0.25) is 14.4 Å². The van der Waals surface area contributed by atoms with E-state index in [4.69, 9.17) is 11.6 Å². The number of anilines is 1. The summed E-state index contributed by atoms with van der Waals surface area (Å²) < 4.78 is 0. The van der Waals surface area contributed by atoms with Crippen LogP contribution in [0.3, 0.4) is 0 Å². The van der Waals surface area contributed by atoms with E-state index in [1.165, 1.54) is 6.33 Å². The summed E-state index contributed by atoms with van der Waals surface area (Å²) in [6, 6.07) is 7.24. The van der Waals surface area contributed by atoms with Crippen molar-refractivity contribution in [1.29, 1.82) is 0 Å². The molecule has 9 nitrogen and oxygen atoms in total. The predicted molar refractivity (Wildman–Crippen MR) is 128 cm³/mol. The van der Waals surface area contributed by atoms with Gasteiger partial charge in [0.2, 0.25) is 5.91 Å². The first-order valence-corrected chi connectivity index (χ1v) is 11.9. The van der Waals surface area contributed by atoms with Gasteiger partial charge in [-0.05, 0) is 64.2 Å². The lowest BCUT2D eigenvalue weighted by Crippen LogP contribution is -2.44. The quantitative estimate of drug-likeness (QED) is 0.498. The largest absolute Gasteiger partial charge is 0.389 e. The van der Waals surface area contributed by atoms with E-state index < -0.39 is 22.8 Å². The maximum atomic E-state index is 13.3. The van der Waals surface area contributed by atoms with Crippen LogP contribution in [0.1, 0.15) is 66.9 Å². The fraction of sp³-hybridized carbons (Fsp3) is 0.500. The Labute approximate surface area is 203 Å². The lowest BCUT2D eigenvalue weighted by molar-refractivity contribution is -0.127. The molecule has 0 atom stereocenters. The Morgan fingerprint density at radius 2 is 2.00 bits per heavy atom. The SMILES string of the molecule is CC(C)(O)CNC(=O)c1nc[nH]c1C(=O)N[C@H]1CC[C@@]2(CCN(c3cccc(Cl)c3)C2=O)CC1. The fourth-order valence-electron chi connectivity index (χ4n) is 4.77. The fourth-order valence-corrected chi connectivity index (χ4v) is 4.95. The first-order valence-electron chi connectivity index (χ1n) is 11.5. The number of imidazole rings is 1. The van der Waals surface area contributed by atoms with Crippen molar-refractivity contribution in [2.75, 3.05) is 18.0 Å². The molecule has 2 heterocycles. The normalized spacial score (nSPS) is 22.8. The van der Waals surface area contributed by atoms with Gasteiger partial charge in [-0.25, -0.2) is 4.98 Å². The molecule has 0 unspecified atom stereocenters. The number of H-pyrrole nitrogens is 1. The van der Waals surface area contributed by atoms with E-state index in [0.29, 0.717) is 37.3 Å². The number of hydrogen-bond donors (Lipinski definition) is 4. The van der Waals surface area contributed by atoms with Crippen LogP contribution in [-0.2, 0) is 4.79 Å². The van der Waals surface area contributed by atoms with Gasteiger partial charge in [0.1, 0.15) is 5.69 Å². The summed E-state index contributed by atoms with van der Waals surface area (Å²) in [6.45, 7) is 3.84. The van der Waals surface area contributed by atoms with E-state index in [9.17, 15) is 19.5 Å². The number of rotatable bonds is 6. The Kier molecular flexibility index (Phi) is 6.69. The Bertz CT molecular complexity index is 1090. The summed E-state index contributed by atoms with van der Waals surface area (Å²) >= 11 is 6.10. The minimum Gasteiger partial charge on any atom is -0.389 e. The summed E-state index contributed by atoms with van der Waals surface area (Å²) in [7, 11) is 0. The van der Waals surface area contributed by atoms with E-state index in [0.717, 1.165) is 12.1 Å². The summed E-state index contributed by atoms with van der Waals surface area (Å²) in [6.07, 6.45) is 4.81. The smallest absolute Gasteiger partial charge is 0.272 e. The second-order valence-corrected chi connectivity index (χ2v) is 10.3. The minimum absolute atomic E-state index is 0.0165. The van der Waals surface area contributed by atoms with E-state index in [2.05, 4.69) is 20.6 Å². The van der Waals surface area contributed by atoms with Crippen molar-refractivity contribution in [3.63, 3.8) is 0 Å². The van der Waals surface area contributed by atoms with Crippen molar-refractivity contribution < 1.29 is 19.5 Å². The second kappa shape index (κ2) is 9.38. The van der Waals surface area contributed by atoms with Crippen LogP contribution in [0.25, 0.3) is 0 Å². The molecule has 1 saturated heterocycles. The molecule has 1 aliphatic heterocycles. The third-order valence-electron chi connectivity index (χ3n) is 6.67. The standard InChI is InChI=1S/C24H30ClN5O4/c1-23(2,34)13-26-20(31)18-19(28-14-27-18)21(32)29-16-6-8-24(9-7-16)10-11-30(22(24)33)17-5-3-4-15(25)12-17/h3-5,12,14,16,34H,6-11,13H2,1-2H3,(H,26,31)(H,27,28)(H,29,32)/t16-,24-. The van der Waals surface area contributed by atoms with E-state index in [1.54, 1.807) is 19.9 Å². The number of aromatic nitrogens is 2. The molecule has 0 bridgehead atoms. The number of carbonyl (C=O) groups excluding carboxylic acids is 3. The predicted octanol–water partition coefficient (Wildman–Crippen LogP) is 2.66. The molecule has 1 saturated carbocycles. The van der Waals surface area contributed by atoms with Gasteiger partial charge in [-0.15, -0.1) is 0 Å². The maximum absolute atomic E-state index is 13.3. The molecule has 4 rings (SSSR count). The molecular formula is C24H30ClN5O4. The summed E-state index contributed by atoms with van der Waals surface area (Å²) in [5.41, 5.74) is -0.596. The second-order valence-electron chi connectivity index (χ2n) is 9.84. The number of aromatic amines is 1. The molecule has 10 heteroatoms. The number of nitrogens with zero attached hydrogens (tertiary/aromatic N) is 2. The van der Waals surface area contributed by atoms with Crippen molar-refractivity contribution in [1.82, 2.24) is 20.6 Å². The van der Waals surface area contributed by atoms with Gasteiger partial charge in [0.25, 0.3) is 11.8 Å². The van der Waals surface area contributed by atoms with Crippen molar-refractivity contribution in [3.8, 4) is 0 Å². The molecular weight excluding hydrogens is 458 g/mol. The molecule has 1 aliphatic carbocycles. The van der Waals surface area contributed by atoms with Crippen LogP contribution in [0.2, 0.25) is 5.02 Å². The number of halogens is 1. The van der Waals surface area contributed by atoms with Gasteiger partial charge in [-0.2, -0.15) is 0 Å². The summed E-state index contributed by atoms with van der Waals surface area (Å²) in [5, 5.41) is 16.0.